The highest BCUT2D eigenvalue weighted by Gasteiger charge is 2.06. The van der Waals surface area contributed by atoms with Crippen molar-refractivity contribution in [3.8, 4) is 5.69 Å². The third-order valence-corrected chi connectivity index (χ3v) is 3.60. The van der Waals surface area contributed by atoms with Crippen molar-refractivity contribution in [3.63, 3.8) is 0 Å². The molecule has 0 fully saturated rings. The van der Waals surface area contributed by atoms with E-state index in [2.05, 4.69) is 17.1 Å². The van der Waals surface area contributed by atoms with Crippen molar-refractivity contribution < 1.29 is 0 Å². The average Bonchev–Trinajstić information content (AvgIpc) is 2.78. The van der Waals surface area contributed by atoms with Gasteiger partial charge in [-0.15, -0.1) is 10.2 Å². The van der Waals surface area contributed by atoms with E-state index in [4.69, 9.17) is 11.6 Å². The van der Waals surface area contributed by atoms with Crippen LogP contribution in [0.2, 0.25) is 5.02 Å². The van der Waals surface area contributed by atoms with Crippen molar-refractivity contribution in [2.75, 3.05) is 5.75 Å². The second-order valence-corrected chi connectivity index (χ2v) is 5.16. The summed E-state index contributed by atoms with van der Waals surface area (Å²) in [7, 11) is 0. The smallest absolute Gasteiger partial charge is 0.195 e. The van der Waals surface area contributed by atoms with Crippen LogP contribution in [0.1, 0.15) is 19.8 Å². The van der Waals surface area contributed by atoms with Crippen molar-refractivity contribution in [1.82, 2.24) is 14.8 Å². The Morgan fingerprint density at radius 3 is 3.06 bits per heavy atom. The minimum Gasteiger partial charge on any atom is -0.277 e. The van der Waals surface area contributed by atoms with Crippen LogP contribution in [0.5, 0.6) is 0 Å². The molecule has 0 N–H and O–H groups in total. The average molecular weight is 268 g/mol. The first-order valence-electron chi connectivity index (χ1n) is 5.60. The summed E-state index contributed by atoms with van der Waals surface area (Å²) >= 11 is 7.71. The molecule has 0 saturated carbocycles. The molecule has 90 valence electrons. The molecular formula is C12H14ClN3S. The van der Waals surface area contributed by atoms with Crippen molar-refractivity contribution in [2.45, 2.75) is 24.9 Å². The van der Waals surface area contributed by atoms with Gasteiger partial charge in [0.25, 0.3) is 0 Å². The Kier molecular flexibility index (Phi) is 4.45. The number of thioether (sulfide) groups is 1. The number of aromatic nitrogens is 3. The summed E-state index contributed by atoms with van der Waals surface area (Å²) in [6, 6.07) is 7.70. The van der Waals surface area contributed by atoms with Crippen LogP contribution in [-0.2, 0) is 0 Å². The molecule has 0 bridgehead atoms. The second-order valence-electron chi connectivity index (χ2n) is 3.67. The molecule has 0 unspecified atom stereocenters. The molecule has 2 aromatic rings. The van der Waals surface area contributed by atoms with Crippen LogP contribution < -0.4 is 0 Å². The summed E-state index contributed by atoms with van der Waals surface area (Å²) < 4.78 is 1.96. The number of unbranched alkanes of at least 4 members (excludes halogenated alkanes) is 1. The third-order valence-electron chi connectivity index (χ3n) is 2.33. The number of hydrogen-bond donors (Lipinski definition) is 0. The van der Waals surface area contributed by atoms with E-state index in [1.807, 2.05) is 28.8 Å². The highest BCUT2D eigenvalue weighted by atomic mass is 35.5. The number of benzene rings is 1. The molecule has 17 heavy (non-hydrogen) atoms. The van der Waals surface area contributed by atoms with E-state index in [1.165, 1.54) is 12.8 Å². The molecule has 0 aliphatic heterocycles. The first-order valence-corrected chi connectivity index (χ1v) is 6.96. The number of halogens is 1. The van der Waals surface area contributed by atoms with Gasteiger partial charge in [-0.2, -0.15) is 0 Å². The normalized spacial score (nSPS) is 10.7. The van der Waals surface area contributed by atoms with Gasteiger partial charge in [0.1, 0.15) is 6.33 Å². The Hall–Kier alpha value is -1.00. The van der Waals surface area contributed by atoms with Crippen LogP contribution in [0.15, 0.2) is 35.7 Å². The van der Waals surface area contributed by atoms with E-state index in [-0.39, 0.29) is 0 Å². The molecule has 0 aliphatic carbocycles. The third kappa shape index (κ3) is 3.23. The lowest BCUT2D eigenvalue weighted by Crippen LogP contribution is -1.95. The van der Waals surface area contributed by atoms with Crippen molar-refractivity contribution in [1.29, 1.82) is 0 Å². The molecule has 2 rings (SSSR count). The lowest BCUT2D eigenvalue weighted by molar-refractivity contribution is 0.864. The summed E-state index contributed by atoms with van der Waals surface area (Å²) in [5, 5.41) is 9.72. The maximum absolute atomic E-state index is 5.98. The van der Waals surface area contributed by atoms with E-state index in [9.17, 15) is 0 Å². The van der Waals surface area contributed by atoms with Gasteiger partial charge in [-0.25, -0.2) is 0 Å². The number of hydrogen-bond acceptors (Lipinski definition) is 3. The van der Waals surface area contributed by atoms with Gasteiger partial charge in [0, 0.05) is 10.8 Å². The summed E-state index contributed by atoms with van der Waals surface area (Å²) in [5.74, 6) is 1.07. The second kappa shape index (κ2) is 6.07. The minimum atomic E-state index is 0.723. The van der Waals surface area contributed by atoms with Crippen LogP contribution in [0.25, 0.3) is 5.69 Å². The topological polar surface area (TPSA) is 30.7 Å². The summed E-state index contributed by atoms with van der Waals surface area (Å²) in [6.45, 7) is 2.18. The molecule has 0 spiro atoms. The van der Waals surface area contributed by atoms with Crippen LogP contribution in [-0.4, -0.2) is 20.5 Å². The largest absolute Gasteiger partial charge is 0.277 e. The Morgan fingerprint density at radius 1 is 1.41 bits per heavy atom. The Bertz CT molecular complexity index is 484. The Labute approximate surface area is 110 Å². The first-order chi connectivity index (χ1) is 8.31. The fourth-order valence-corrected chi connectivity index (χ4v) is 2.63. The van der Waals surface area contributed by atoms with Crippen LogP contribution >= 0.6 is 23.4 Å². The summed E-state index contributed by atoms with van der Waals surface area (Å²) in [5.41, 5.74) is 1.00. The summed E-state index contributed by atoms with van der Waals surface area (Å²) in [6.07, 6.45) is 4.10. The van der Waals surface area contributed by atoms with Crippen LogP contribution in [0.4, 0.5) is 0 Å². The number of rotatable bonds is 5. The van der Waals surface area contributed by atoms with Gasteiger partial charge in [-0.05, 0) is 24.6 Å². The van der Waals surface area contributed by atoms with Crippen LogP contribution in [0.3, 0.4) is 0 Å². The maximum Gasteiger partial charge on any atom is 0.195 e. The lowest BCUT2D eigenvalue weighted by atomic mass is 10.3. The standard InChI is InChI=1S/C12H14ClN3S/c1-2-3-7-17-12-15-14-9-16(12)11-6-4-5-10(13)8-11/h4-6,8-9H,2-3,7H2,1H3. The zero-order chi connectivity index (χ0) is 12.1. The zero-order valence-electron chi connectivity index (χ0n) is 9.64. The zero-order valence-corrected chi connectivity index (χ0v) is 11.2. The molecular weight excluding hydrogens is 254 g/mol. The predicted octanol–water partition coefficient (Wildman–Crippen LogP) is 3.81. The van der Waals surface area contributed by atoms with Crippen molar-refractivity contribution in [3.05, 3.63) is 35.6 Å². The molecule has 0 atom stereocenters. The van der Waals surface area contributed by atoms with Gasteiger partial charge >= 0.3 is 0 Å². The van der Waals surface area contributed by atoms with Gasteiger partial charge < -0.3 is 0 Å². The lowest BCUT2D eigenvalue weighted by Gasteiger charge is -2.05. The maximum atomic E-state index is 5.98. The fraction of sp³-hybridized carbons (Fsp3) is 0.333. The van der Waals surface area contributed by atoms with Crippen molar-refractivity contribution >= 4 is 23.4 Å². The van der Waals surface area contributed by atoms with Gasteiger partial charge in [-0.3, -0.25) is 4.57 Å². The van der Waals surface area contributed by atoms with Gasteiger partial charge in [-0.1, -0.05) is 42.8 Å². The van der Waals surface area contributed by atoms with Crippen LogP contribution in [0, 0.1) is 0 Å². The highest BCUT2D eigenvalue weighted by molar-refractivity contribution is 7.99. The molecule has 0 amide bonds. The molecule has 0 saturated heterocycles. The summed E-state index contributed by atoms with van der Waals surface area (Å²) in [4.78, 5) is 0. The van der Waals surface area contributed by atoms with E-state index >= 15 is 0 Å². The fourth-order valence-electron chi connectivity index (χ4n) is 1.43. The Morgan fingerprint density at radius 2 is 2.29 bits per heavy atom. The first kappa shape index (κ1) is 12.5. The van der Waals surface area contributed by atoms with E-state index in [0.717, 1.165) is 21.6 Å². The van der Waals surface area contributed by atoms with E-state index < -0.39 is 0 Å². The van der Waals surface area contributed by atoms with Gasteiger partial charge in [0.2, 0.25) is 0 Å². The number of nitrogens with zero attached hydrogens (tertiary/aromatic N) is 3. The molecule has 1 heterocycles. The SMILES string of the molecule is CCCCSc1nncn1-c1cccc(Cl)c1. The van der Waals surface area contributed by atoms with E-state index in [0.29, 0.717) is 0 Å². The molecule has 1 aromatic heterocycles. The molecule has 1 aromatic carbocycles. The molecule has 3 nitrogen and oxygen atoms in total. The van der Waals surface area contributed by atoms with Crippen molar-refractivity contribution in [2.24, 2.45) is 0 Å². The monoisotopic (exact) mass is 267 g/mol. The molecule has 0 radical (unpaired) electrons. The quantitative estimate of drug-likeness (QED) is 0.610. The predicted molar refractivity (Wildman–Crippen MR) is 72.0 cm³/mol. The highest BCUT2D eigenvalue weighted by Crippen LogP contribution is 2.22. The van der Waals surface area contributed by atoms with Gasteiger partial charge in [0.05, 0.1) is 5.69 Å². The Balaban J connectivity index is 2.18. The minimum absolute atomic E-state index is 0.723. The van der Waals surface area contributed by atoms with Gasteiger partial charge in [0.15, 0.2) is 5.16 Å². The van der Waals surface area contributed by atoms with E-state index in [1.54, 1.807) is 18.1 Å². The molecule has 5 heteroatoms. The molecule has 0 aliphatic rings.